The molecule has 0 aliphatic carbocycles. The predicted octanol–water partition coefficient (Wildman–Crippen LogP) is 16.9. The van der Waals surface area contributed by atoms with E-state index in [0.29, 0.717) is 19.3 Å². The van der Waals surface area contributed by atoms with Crippen LogP contribution in [0.1, 0.15) is 252 Å². The van der Waals surface area contributed by atoms with E-state index in [4.69, 9.17) is 23.3 Å². The first-order valence-corrected chi connectivity index (χ1v) is 30.3. The number of unbranched alkanes of at least 4 members (excludes halogenated alkanes) is 24. The van der Waals surface area contributed by atoms with Crippen molar-refractivity contribution in [2.75, 3.05) is 26.4 Å². The number of aliphatic hydroxyl groups excluding tert-OH is 1. The number of hydrogen-bond donors (Lipinski definition) is 2. The molecule has 416 valence electrons. The Labute approximate surface area is 439 Å². The van der Waals surface area contributed by atoms with E-state index >= 15 is 0 Å². The minimum Gasteiger partial charge on any atom is -0.462 e. The zero-order valence-electron chi connectivity index (χ0n) is 45.9. The molecule has 0 fully saturated rings. The molecule has 3 unspecified atom stereocenters. The van der Waals surface area contributed by atoms with Crippen LogP contribution in [0.5, 0.6) is 0 Å². The molecule has 72 heavy (non-hydrogen) atoms. The van der Waals surface area contributed by atoms with Crippen molar-refractivity contribution >= 4 is 25.7 Å². The van der Waals surface area contributed by atoms with Crippen molar-refractivity contribution in [2.24, 2.45) is 0 Å². The summed E-state index contributed by atoms with van der Waals surface area (Å²) in [6.45, 7) is 4.45. The van der Waals surface area contributed by atoms with Gasteiger partial charge in [-0.15, -0.1) is 0 Å². The van der Waals surface area contributed by atoms with Gasteiger partial charge in [-0.05, 0) is 103 Å². The number of ether oxygens (including phenoxy) is 3. The SMILES string of the molecule is CC/C=C\C/C=C\C/C=C\C/C=C\CCCCCCC(=O)OCC(COP(=O)(O)OCC(CO)OC(=O)CCCCCCC/C=C\CCCC)OC(=O)CCCCCCCCC/C=C\CCCCCCCC. The molecule has 0 aromatic rings. The first kappa shape index (κ1) is 68.9. The van der Waals surface area contributed by atoms with Gasteiger partial charge in [0.15, 0.2) is 6.10 Å². The summed E-state index contributed by atoms with van der Waals surface area (Å²) < 4.78 is 39.5. The number of carbonyl (C=O) groups excluding carboxylic acids is 3. The number of esters is 3. The fourth-order valence-corrected chi connectivity index (χ4v) is 8.46. The van der Waals surface area contributed by atoms with Crippen LogP contribution in [0.25, 0.3) is 0 Å². The number of hydrogen-bond acceptors (Lipinski definition) is 10. The van der Waals surface area contributed by atoms with E-state index in [9.17, 15) is 28.9 Å². The Bertz CT molecular complexity index is 1490. The quantitative estimate of drug-likeness (QED) is 0.0197. The van der Waals surface area contributed by atoms with E-state index in [2.05, 4.69) is 93.7 Å². The third-order valence-electron chi connectivity index (χ3n) is 12.1. The van der Waals surface area contributed by atoms with Gasteiger partial charge in [0.1, 0.15) is 12.7 Å². The molecular weight excluding hydrogens is 928 g/mol. The lowest BCUT2D eigenvalue weighted by Gasteiger charge is -2.21. The maximum atomic E-state index is 12.9. The number of aliphatic hydroxyl groups is 1. The van der Waals surface area contributed by atoms with Crippen LogP contribution < -0.4 is 0 Å². The summed E-state index contributed by atoms with van der Waals surface area (Å²) in [5, 5.41) is 9.79. The Morgan fingerprint density at radius 1 is 0.403 bits per heavy atom. The molecule has 0 aromatic carbocycles. The minimum absolute atomic E-state index is 0.155. The first-order chi connectivity index (χ1) is 35.2. The van der Waals surface area contributed by atoms with Gasteiger partial charge in [-0.25, -0.2) is 4.57 Å². The summed E-state index contributed by atoms with van der Waals surface area (Å²) in [7, 11) is -4.75. The largest absolute Gasteiger partial charge is 0.472 e. The lowest BCUT2D eigenvalue weighted by atomic mass is 10.1. The highest BCUT2D eigenvalue weighted by Crippen LogP contribution is 2.43. The highest BCUT2D eigenvalue weighted by atomic mass is 31.2. The Morgan fingerprint density at radius 2 is 0.736 bits per heavy atom. The molecule has 0 saturated carbocycles. The molecule has 0 saturated heterocycles. The molecule has 11 nitrogen and oxygen atoms in total. The molecule has 3 atom stereocenters. The summed E-state index contributed by atoms with van der Waals surface area (Å²) in [5.41, 5.74) is 0. The molecule has 0 radical (unpaired) electrons. The summed E-state index contributed by atoms with van der Waals surface area (Å²) in [5.74, 6) is -1.50. The van der Waals surface area contributed by atoms with Crippen LogP contribution in [0.15, 0.2) is 72.9 Å². The zero-order chi connectivity index (χ0) is 52.7. The van der Waals surface area contributed by atoms with Gasteiger partial charge in [0.05, 0.1) is 19.8 Å². The number of phosphoric acid groups is 1. The van der Waals surface area contributed by atoms with Crippen molar-refractivity contribution in [1.82, 2.24) is 0 Å². The van der Waals surface area contributed by atoms with E-state index in [1.807, 2.05) is 0 Å². The summed E-state index contributed by atoms with van der Waals surface area (Å²) in [6, 6.07) is 0. The van der Waals surface area contributed by atoms with E-state index in [1.165, 1.54) is 70.6 Å². The monoisotopic (exact) mass is 1030 g/mol. The molecule has 0 rings (SSSR count). The second kappa shape index (κ2) is 54.2. The standard InChI is InChI=1S/C60H105O11P/c1-4-7-10-13-16-19-22-24-26-28-30-32-35-37-40-43-46-49-58(62)67-53-57(71-60(64)51-48-45-42-39-36-33-31-29-27-25-23-20-17-14-11-8-5-2)55-69-72(65,66)68-54-56(52-61)70-59(63)50-47-44-41-38-34-21-18-15-12-9-6-3/h7,10,15-16,18-19,24-27,30,32,56-57,61H,4-6,8-9,11-14,17,20-23,28-29,31,33-55H2,1-3H3,(H,65,66)/b10-7-,18-15-,19-16-,26-24-,27-25-,32-30-. The third-order valence-corrected chi connectivity index (χ3v) is 13.0. The van der Waals surface area contributed by atoms with Crippen LogP contribution in [-0.2, 0) is 42.2 Å². The second-order valence-corrected chi connectivity index (χ2v) is 20.5. The van der Waals surface area contributed by atoms with Crippen LogP contribution in [0.4, 0.5) is 0 Å². The molecule has 0 aliphatic rings. The van der Waals surface area contributed by atoms with Crippen LogP contribution in [0, 0.1) is 0 Å². The lowest BCUT2D eigenvalue weighted by Crippen LogP contribution is -2.30. The third kappa shape index (κ3) is 51.8. The Kier molecular flexibility index (Phi) is 51.9. The topological polar surface area (TPSA) is 155 Å². The summed E-state index contributed by atoms with van der Waals surface area (Å²) in [4.78, 5) is 48.5. The van der Waals surface area contributed by atoms with Crippen molar-refractivity contribution in [1.29, 1.82) is 0 Å². The average molecular weight is 1030 g/mol. The molecule has 2 N–H and O–H groups in total. The fraction of sp³-hybridized carbons (Fsp3) is 0.750. The van der Waals surface area contributed by atoms with Gasteiger partial charge in [0.2, 0.25) is 0 Å². The Morgan fingerprint density at radius 3 is 1.17 bits per heavy atom. The summed E-state index contributed by atoms with van der Waals surface area (Å²) >= 11 is 0. The lowest BCUT2D eigenvalue weighted by molar-refractivity contribution is -0.161. The molecule has 0 spiro atoms. The van der Waals surface area contributed by atoms with Gasteiger partial charge in [0.25, 0.3) is 0 Å². The van der Waals surface area contributed by atoms with Gasteiger partial charge < -0.3 is 24.2 Å². The fourth-order valence-electron chi connectivity index (χ4n) is 7.68. The van der Waals surface area contributed by atoms with Crippen molar-refractivity contribution in [3.05, 3.63) is 72.9 Å². The van der Waals surface area contributed by atoms with Gasteiger partial charge >= 0.3 is 25.7 Å². The highest BCUT2D eigenvalue weighted by Gasteiger charge is 2.28. The van der Waals surface area contributed by atoms with E-state index in [1.54, 1.807) is 0 Å². The van der Waals surface area contributed by atoms with Crippen molar-refractivity contribution in [3.8, 4) is 0 Å². The van der Waals surface area contributed by atoms with E-state index < -0.39 is 57.8 Å². The van der Waals surface area contributed by atoms with Crippen molar-refractivity contribution in [3.63, 3.8) is 0 Å². The van der Waals surface area contributed by atoms with Crippen LogP contribution >= 0.6 is 7.82 Å². The molecule has 0 bridgehead atoms. The molecule has 12 heteroatoms. The van der Waals surface area contributed by atoms with Crippen LogP contribution in [-0.4, -0.2) is 66.5 Å². The van der Waals surface area contributed by atoms with Crippen LogP contribution in [0.2, 0.25) is 0 Å². The van der Waals surface area contributed by atoms with Gasteiger partial charge in [0, 0.05) is 19.3 Å². The first-order valence-electron chi connectivity index (χ1n) is 28.8. The molecule has 0 amide bonds. The molecule has 0 aliphatic heterocycles. The smallest absolute Gasteiger partial charge is 0.462 e. The number of phosphoric ester groups is 1. The van der Waals surface area contributed by atoms with Gasteiger partial charge in [-0.1, -0.05) is 203 Å². The van der Waals surface area contributed by atoms with Crippen LogP contribution in [0.3, 0.4) is 0 Å². The molecular formula is C60H105O11P. The number of carbonyl (C=O) groups is 3. The minimum atomic E-state index is -4.75. The zero-order valence-corrected chi connectivity index (χ0v) is 46.8. The Balaban J connectivity index is 4.78. The van der Waals surface area contributed by atoms with Gasteiger partial charge in [-0.2, -0.15) is 0 Å². The second-order valence-electron chi connectivity index (χ2n) is 19.1. The van der Waals surface area contributed by atoms with Crippen molar-refractivity contribution in [2.45, 2.75) is 264 Å². The van der Waals surface area contributed by atoms with Gasteiger partial charge in [-0.3, -0.25) is 23.4 Å². The Hall–Kier alpha value is -3.08. The molecule has 0 aromatic heterocycles. The number of allylic oxidation sites excluding steroid dienone is 12. The molecule has 0 heterocycles. The van der Waals surface area contributed by atoms with E-state index in [0.717, 1.165) is 122 Å². The maximum absolute atomic E-state index is 12.9. The van der Waals surface area contributed by atoms with E-state index in [-0.39, 0.29) is 25.9 Å². The summed E-state index contributed by atoms with van der Waals surface area (Å²) in [6.07, 6.45) is 60.0. The highest BCUT2D eigenvalue weighted by molar-refractivity contribution is 7.47. The average Bonchev–Trinajstić information content (AvgIpc) is 3.37. The maximum Gasteiger partial charge on any atom is 0.472 e. The predicted molar refractivity (Wildman–Crippen MR) is 298 cm³/mol. The number of rotatable bonds is 53. The van der Waals surface area contributed by atoms with Crippen molar-refractivity contribution < 1.29 is 52.2 Å². The normalized spacial score (nSPS) is 13.9.